The van der Waals surface area contributed by atoms with Gasteiger partial charge in [0.05, 0.1) is 0 Å². The fraction of sp³-hybridized carbons (Fsp3) is 0.200. The fourth-order valence-corrected chi connectivity index (χ4v) is 1.65. The van der Waals surface area contributed by atoms with Gasteiger partial charge in [-0.15, -0.1) is 0 Å². The van der Waals surface area contributed by atoms with E-state index in [0.29, 0.717) is 0 Å². The van der Waals surface area contributed by atoms with Crippen molar-refractivity contribution in [2.24, 2.45) is 0 Å². The summed E-state index contributed by atoms with van der Waals surface area (Å²) in [6.45, 7) is 4.25. The quantitative estimate of drug-likeness (QED) is 0.628. The van der Waals surface area contributed by atoms with Gasteiger partial charge in [0.15, 0.2) is 0 Å². The molecule has 78 valence electrons. The molecule has 0 saturated heterocycles. The first-order valence-corrected chi connectivity index (χ1v) is 4.89. The molecule has 2 aromatic carbocycles. The van der Waals surface area contributed by atoms with Crippen LogP contribution in [-0.4, -0.2) is 0 Å². The van der Waals surface area contributed by atoms with Crippen LogP contribution in [0.3, 0.4) is 0 Å². The van der Waals surface area contributed by atoms with Gasteiger partial charge in [0.25, 0.3) is 0 Å². The first-order valence-electron chi connectivity index (χ1n) is 4.89. The van der Waals surface area contributed by atoms with Crippen LogP contribution in [-0.2, 0) is 0 Å². The van der Waals surface area contributed by atoms with Crippen LogP contribution in [0.1, 0.15) is 18.6 Å². The predicted molar refractivity (Wildman–Crippen MR) is 68.1 cm³/mol. The Morgan fingerprint density at radius 2 is 1.07 bits per heavy atom. The van der Waals surface area contributed by atoms with E-state index in [9.17, 15) is 0 Å². The Balaban J connectivity index is 0.00000112. The number of hydrogen-bond donors (Lipinski definition) is 0. The molecule has 15 heavy (non-hydrogen) atoms. The molecule has 0 saturated carbocycles. The highest BCUT2D eigenvalue weighted by molar-refractivity contribution is 5.64. The van der Waals surface area contributed by atoms with Crippen molar-refractivity contribution in [3.8, 4) is 11.1 Å². The molecule has 0 bridgehead atoms. The molecule has 0 heteroatoms. The summed E-state index contributed by atoms with van der Waals surface area (Å²) in [4.78, 5) is 0. The third-order valence-corrected chi connectivity index (χ3v) is 2.37. The Labute approximate surface area is 92.6 Å². The molecule has 0 aliphatic rings. The van der Waals surface area contributed by atoms with Gasteiger partial charge in [-0.1, -0.05) is 67.1 Å². The Kier molecular flexibility index (Phi) is 3.68. The Morgan fingerprint density at radius 1 is 0.667 bits per heavy atom. The molecule has 2 aromatic rings. The van der Waals surface area contributed by atoms with Gasteiger partial charge in [-0.2, -0.15) is 0 Å². The minimum atomic E-state index is 0. The average Bonchev–Trinajstić information content (AvgIpc) is 2.18. The maximum atomic E-state index is 2.22. The van der Waals surface area contributed by atoms with Gasteiger partial charge in [0, 0.05) is 0 Å². The summed E-state index contributed by atoms with van der Waals surface area (Å²) in [5.41, 5.74) is 5.22. The standard InChI is InChI=1S/C14H14.CH4/c1-11-5-3-7-13(9-11)14-8-4-6-12(2)10-14;/h3-10H,1-2H3;1H4. The summed E-state index contributed by atoms with van der Waals surface area (Å²) in [7, 11) is 0. The summed E-state index contributed by atoms with van der Waals surface area (Å²) in [5, 5.41) is 0. The van der Waals surface area contributed by atoms with Gasteiger partial charge < -0.3 is 0 Å². The summed E-state index contributed by atoms with van der Waals surface area (Å²) in [6.07, 6.45) is 0. The second-order valence-corrected chi connectivity index (χ2v) is 3.74. The molecule has 0 heterocycles. The molecule has 0 N–H and O–H groups in total. The zero-order chi connectivity index (χ0) is 9.97. The van der Waals surface area contributed by atoms with Crippen molar-refractivity contribution in [2.75, 3.05) is 0 Å². The van der Waals surface area contributed by atoms with E-state index in [4.69, 9.17) is 0 Å². The van der Waals surface area contributed by atoms with Crippen LogP contribution >= 0.6 is 0 Å². The topological polar surface area (TPSA) is 0 Å². The lowest BCUT2D eigenvalue weighted by Crippen LogP contribution is -1.80. The number of benzene rings is 2. The lowest BCUT2D eigenvalue weighted by Gasteiger charge is -2.03. The van der Waals surface area contributed by atoms with E-state index in [1.165, 1.54) is 22.3 Å². The van der Waals surface area contributed by atoms with E-state index in [2.05, 4.69) is 62.4 Å². The van der Waals surface area contributed by atoms with Gasteiger partial charge in [-0.25, -0.2) is 0 Å². The zero-order valence-electron chi connectivity index (χ0n) is 8.62. The van der Waals surface area contributed by atoms with Crippen molar-refractivity contribution in [2.45, 2.75) is 21.3 Å². The van der Waals surface area contributed by atoms with Crippen LogP contribution in [0, 0.1) is 13.8 Å². The minimum Gasteiger partial charge on any atom is -0.0776 e. The molecule has 0 spiro atoms. The van der Waals surface area contributed by atoms with E-state index >= 15 is 0 Å². The normalized spacial score (nSPS) is 9.47. The van der Waals surface area contributed by atoms with Crippen molar-refractivity contribution in [1.29, 1.82) is 0 Å². The van der Waals surface area contributed by atoms with Crippen LogP contribution in [0.25, 0.3) is 11.1 Å². The number of aryl methyl sites for hydroxylation is 2. The number of hydrogen-bond acceptors (Lipinski definition) is 0. The van der Waals surface area contributed by atoms with Crippen LogP contribution in [0.2, 0.25) is 0 Å². The largest absolute Gasteiger partial charge is 0.0776 e. The lowest BCUT2D eigenvalue weighted by atomic mass is 10.0. The Hall–Kier alpha value is -1.56. The second-order valence-electron chi connectivity index (χ2n) is 3.74. The van der Waals surface area contributed by atoms with Crippen molar-refractivity contribution in [1.82, 2.24) is 0 Å². The Morgan fingerprint density at radius 3 is 1.40 bits per heavy atom. The van der Waals surface area contributed by atoms with E-state index in [0.717, 1.165) is 0 Å². The molecule has 0 unspecified atom stereocenters. The highest BCUT2D eigenvalue weighted by Gasteiger charge is 1.96. The Bertz CT molecular complexity index is 398. The second kappa shape index (κ2) is 4.79. The fourth-order valence-electron chi connectivity index (χ4n) is 1.65. The molecule has 0 aliphatic carbocycles. The van der Waals surface area contributed by atoms with Crippen molar-refractivity contribution in [3.63, 3.8) is 0 Å². The third kappa shape index (κ3) is 2.69. The van der Waals surface area contributed by atoms with E-state index < -0.39 is 0 Å². The van der Waals surface area contributed by atoms with Gasteiger partial charge >= 0.3 is 0 Å². The van der Waals surface area contributed by atoms with E-state index in [1.54, 1.807) is 0 Å². The molecule has 0 radical (unpaired) electrons. The van der Waals surface area contributed by atoms with E-state index in [1.807, 2.05) is 0 Å². The molecule has 0 atom stereocenters. The SMILES string of the molecule is C.Cc1cccc(-c2cccc(C)c2)c1. The van der Waals surface area contributed by atoms with Gasteiger partial charge in [-0.05, 0) is 25.0 Å². The molecule has 0 aromatic heterocycles. The molecule has 2 rings (SSSR count). The predicted octanol–water partition coefficient (Wildman–Crippen LogP) is 4.61. The molecule has 0 fully saturated rings. The minimum absolute atomic E-state index is 0. The van der Waals surface area contributed by atoms with Gasteiger partial charge in [0.1, 0.15) is 0 Å². The van der Waals surface area contributed by atoms with E-state index in [-0.39, 0.29) is 7.43 Å². The van der Waals surface area contributed by atoms with Crippen LogP contribution < -0.4 is 0 Å². The molecule has 0 nitrogen and oxygen atoms in total. The molecular weight excluding hydrogens is 180 g/mol. The zero-order valence-corrected chi connectivity index (χ0v) is 8.62. The van der Waals surface area contributed by atoms with Crippen LogP contribution in [0.15, 0.2) is 48.5 Å². The highest BCUT2D eigenvalue weighted by atomic mass is 14.0. The first kappa shape index (κ1) is 11.5. The highest BCUT2D eigenvalue weighted by Crippen LogP contribution is 2.20. The van der Waals surface area contributed by atoms with Crippen LogP contribution in [0.5, 0.6) is 0 Å². The lowest BCUT2D eigenvalue weighted by molar-refractivity contribution is 1.44. The number of rotatable bonds is 1. The average molecular weight is 198 g/mol. The molecule has 0 amide bonds. The molecular formula is C15H18. The van der Waals surface area contributed by atoms with Gasteiger partial charge in [0.2, 0.25) is 0 Å². The van der Waals surface area contributed by atoms with Crippen molar-refractivity contribution in [3.05, 3.63) is 59.7 Å². The van der Waals surface area contributed by atoms with Crippen LogP contribution in [0.4, 0.5) is 0 Å². The maximum absolute atomic E-state index is 2.22. The smallest absolute Gasteiger partial charge is 0.0181 e. The monoisotopic (exact) mass is 198 g/mol. The van der Waals surface area contributed by atoms with Crippen molar-refractivity contribution < 1.29 is 0 Å². The summed E-state index contributed by atoms with van der Waals surface area (Å²) in [6, 6.07) is 17.2. The third-order valence-electron chi connectivity index (χ3n) is 2.37. The summed E-state index contributed by atoms with van der Waals surface area (Å²) < 4.78 is 0. The summed E-state index contributed by atoms with van der Waals surface area (Å²) in [5.74, 6) is 0. The molecule has 0 aliphatic heterocycles. The first-order chi connectivity index (χ1) is 6.75. The summed E-state index contributed by atoms with van der Waals surface area (Å²) >= 11 is 0. The maximum Gasteiger partial charge on any atom is -0.0181 e. The van der Waals surface area contributed by atoms with Crippen molar-refractivity contribution >= 4 is 0 Å². The van der Waals surface area contributed by atoms with Gasteiger partial charge in [-0.3, -0.25) is 0 Å².